The predicted octanol–water partition coefficient (Wildman–Crippen LogP) is 1.44. The van der Waals surface area contributed by atoms with Gasteiger partial charge in [0.25, 0.3) is 0 Å². The number of ether oxygens (including phenoxy) is 1. The highest BCUT2D eigenvalue weighted by atomic mass is 32.1. The Morgan fingerprint density at radius 3 is 2.95 bits per heavy atom. The van der Waals surface area contributed by atoms with E-state index in [1.807, 2.05) is 13.0 Å². The lowest BCUT2D eigenvalue weighted by atomic mass is 10.2. The van der Waals surface area contributed by atoms with Crippen molar-refractivity contribution < 1.29 is 19.4 Å². The van der Waals surface area contributed by atoms with E-state index in [-0.39, 0.29) is 0 Å². The quantitative estimate of drug-likeness (QED) is 0.743. The monoisotopic (exact) mass is 309 g/mol. The minimum atomic E-state index is -1.12. The number of nitrogens with zero attached hydrogens (tertiary/aromatic N) is 1. The molecule has 0 aliphatic carbocycles. The van der Waals surface area contributed by atoms with E-state index in [9.17, 15) is 9.59 Å². The number of fused-ring (bicyclic) bond motifs is 1. The molecular formula is C13H15N3O4S. The van der Waals surface area contributed by atoms with Gasteiger partial charge in [-0.1, -0.05) is 11.3 Å². The Kier molecular flexibility index (Phi) is 4.71. The number of hydrogen-bond donors (Lipinski definition) is 3. The standard InChI is InChI=1S/C13H15N3O4S/c1-2-20-7-3-4-9-10(5-7)21-13(15-9)16-12(19)8(14)6-11(17)18/h3-5,8H,2,6,14H2,1H3,(H,17,18)(H,15,16,19). The van der Waals surface area contributed by atoms with Gasteiger partial charge < -0.3 is 20.9 Å². The average molecular weight is 309 g/mol. The topological polar surface area (TPSA) is 115 Å². The van der Waals surface area contributed by atoms with Crippen LogP contribution in [-0.4, -0.2) is 34.6 Å². The van der Waals surface area contributed by atoms with Gasteiger partial charge in [0.1, 0.15) is 5.75 Å². The van der Waals surface area contributed by atoms with E-state index in [0.29, 0.717) is 11.7 Å². The van der Waals surface area contributed by atoms with Gasteiger partial charge in [0.2, 0.25) is 5.91 Å². The van der Waals surface area contributed by atoms with Crippen molar-refractivity contribution in [3.8, 4) is 5.75 Å². The lowest BCUT2D eigenvalue weighted by molar-refractivity contribution is -0.138. The van der Waals surface area contributed by atoms with Crippen molar-refractivity contribution in [1.29, 1.82) is 0 Å². The number of anilines is 1. The summed E-state index contributed by atoms with van der Waals surface area (Å²) in [5.74, 6) is -0.959. The summed E-state index contributed by atoms with van der Waals surface area (Å²) in [7, 11) is 0. The molecule has 0 saturated carbocycles. The third-order valence-electron chi connectivity index (χ3n) is 2.63. The Morgan fingerprint density at radius 2 is 2.29 bits per heavy atom. The van der Waals surface area contributed by atoms with Crippen LogP contribution in [-0.2, 0) is 9.59 Å². The maximum absolute atomic E-state index is 11.7. The van der Waals surface area contributed by atoms with Gasteiger partial charge >= 0.3 is 5.97 Å². The second kappa shape index (κ2) is 6.51. The number of hydrogen-bond acceptors (Lipinski definition) is 6. The summed E-state index contributed by atoms with van der Waals surface area (Å²) in [6.45, 7) is 2.46. The second-order valence-corrected chi connectivity index (χ2v) is 5.31. The zero-order chi connectivity index (χ0) is 15.4. The molecular weight excluding hydrogens is 294 g/mol. The summed E-state index contributed by atoms with van der Waals surface area (Å²) >= 11 is 1.28. The van der Waals surface area contributed by atoms with Gasteiger partial charge in [0.15, 0.2) is 5.13 Å². The first-order valence-electron chi connectivity index (χ1n) is 6.31. The summed E-state index contributed by atoms with van der Waals surface area (Å²) in [5.41, 5.74) is 6.22. The highest BCUT2D eigenvalue weighted by molar-refractivity contribution is 7.22. The fourth-order valence-electron chi connectivity index (χ4n) is 1.69. The fraction of sp³-hybridized carbons (Fsp3) is 0.308. The minimum absolute atomic E-state index is 0.379. The Labute approximate surface area is 124 Å². The number of nitrogens with one attached hydrogen (secondary N) is 1. The van der Waals surface area contributed by atoms with Crippen LogP contribution in [0.15, 0.2) is 18.2 Å². The largest absolute Gasteiger partial charge is 0.494 e. The van der Waals surface area contributed by atoms with E-state index >= 15 is 0 Å². The first-order chi connectivity index (χ1) is 9.99. The van der Waals surface area contributed by atoms with Gasteiger partial charge in [0.05, 0.1) is 29.3 Å². The molecule has 0 bridgehead atoms. The number of carboxylic acid groups (broad SMARTS) is 1. The summed E-state index contributed by atoms with van der Waals surface area (Å²) in [6.07, 6.45) is -0.425. The van der Waals surface area contributed by atoms with Crippen molar-refractivity contribution >= 4 is 38.6 Å². The van der Waals surface area contributed by atoms with Crippen LogP contribution in [0, 0.1) is 0 Å². The summed E-state index contributed by atoms with van der Waals surface area (Å²) in [6, 6.07) is 4.33. The SMILES string of the molecule is CCOc1ccc2nc(NC(=O)C(N)CC(=O)O)sc2c1. The van der Waals surface area contributed by atoms with Crippen molar-refractivity contribution in [2.24, 2.45) is 5.73 Å². The maximum Gasteiger partial charge on any atom is 0.305 e. The third kappa shape index (κ3) is 3.89. The molecule has 1 unspecified atom stereocenters. The number of carboxylic acids is 1. The molecule has 8 heteroatoms. The highest BCUT2D eigenvalue weighted by Gasteiger charge is 2.18. The van der Waals surface area contributed by atoms with E-state index in [4.69, 9.17) is 15.6 Å². The third-order valence-corrected chi connectivity index (χ3v) is 3.57. The minimum Gasteiger partial charge on any atom is -0.494 e. The average Bonchev–Trinajstić information content (AvgIpc) is 2.79. The fourth-order valence-corrected chi connectivity index (χ4v) is 2.59. The molecule has 0 aliphatic heterocycles. The number of amides is 1. The van der Waals surface area contributed by atoms with E-state index in [0.717, 1.165) is 16.0 Å². The molecule has 1 atom stereocenters. The molecule has 0 saturated heterocycles. The molecule has 1 aromatic carbocycles. The highest BCUT2D eigenvalue weighted by Crippen LogP contribution is 2.29. The van der Waals surface area contributed by atoms with Crippen molar-refractivity contribution in [3.05, 3.63) is 18.2 Å². The molecule has 0 fully saturated rings. The number of carbonyl (C=O) groups is 2. The Bertz CT molecular complexity index is 670. The number of nitrogens with two attached hydrogens (primary N) is 1. The van der Waals surface area contributed by atoms with Crippen LogP contribution in [0.4, 0.5) is 5.13 Å². The number of rotatable bonds is 6. The molecule has 2 aromatic rings. The lowest BCUT2D eigenvalue weighted by Crippen LogP contribution is -2.37. The molecule has 1 aromatic heterocycles. The first kappa shape index (κ1) is 15.2. The molecule has 0 radical (unpaired) electrons. The molecule has 21 heavy (non-hydrogen) atoms. The molecule has 0 spiro atoms. The van der Waals surface area contributed by atoms with Gasteiger partial charge in [-0.25, -0.2) is 4.98 Å². The molecule has 2 rings (SSSR count). The van der Waals surface area contributed by atoms with Crippen LogP contribution in [0.2, 0.25) is 0 Å². The molecule has 1 heterocycles. The zero-order valence-corrected chi connectivity index (χ0v) is 12.1. The molecule has 4 N–H and O–H groups in total. The predicted molar refractivity (Wildman–Crippen MR) is 79.6 cm³/mol. The maximum atomic E-state index is 11.7. The van der Waals surface area contributed by atoms with Crippen molar-refractivity contribution in [2.45, 2.75) is 19.4 Å². The van der Waals surface area contributed by atoms with Crippen LogP contribution in [0.3, 0.4) is 0 Å². The van der Waals surface area contributed by atoms with Crippen molar-refractivity contribution in [2.75, 3.05) is 11.9 Å². The van der Waals surface area contributed by atoms with Crippen LogP contribution in [0.5, 0.6) is 5.75 Å². The van der Waals surface area contributed by atoms with Gasteiger partial charge in [0, 0.05) is 0 Å². The van der Waals surface area contributed by atoms with Crippen LogP contribution in [0.25, 0.3) is 10.2 Å². The van der Waals surface area contributed by atoms with Gasteiger partial charge in [-0.3, -0.25) is 9.59 Å². The Balaban J connectivity index is 2.12. The second-order valence-electron chi connectivity index (χ2n) is 4.28. The van der Waals surface area contributed by atoms with Crippen LogP contribution < -0.4 is 15.8 Å². The summed E-state index contributed by atoms with van der Waals surface area (Å²) in [4.78, 5) is 26.5. The smallest absolute Gasteiger partial charge is 0.305 e. The number of aliphatic carboxylic acids is 1. The van der Waals surface area contributed by atoms with Gasteiger partial charge in [-0.15, -0.1) is 0 Å². The first-order valence-corrected chi connectivity index (χ1v) is 7.13. The van der Waals surface area contributed by atoms with E-state index in [1.54, 1.807) is 12.1 Å². The molecule has 7 nitrogen and oxygen atoms in total. The molecule has 0 aliphatic rings. The number of carbonyl (C=O) groups excluding carboxylic acids is 1. The van der Waals surface area contributed by atoms with Crippen molar-refractivity contribution in [3.63, 3.8) is 0 Å². The normalized spacial score (nSPS) is 12.1. The summed E-state index contributed by atoms with van der Waals surface area (Å²) in [5, 5.41) is 11.5. The van der Waals surface area contributed by atoms with Gasteiger partial charge in [-0.05, 0) is 25.1 Å². The Morgan fingerprint density at radius 1 is 1.52 bits per heavy atom. The molecule has 1 amide bonds. The Hall–Kier alpha value is -2.19. The van der Waals surface area contributed by atoms with Crippen LogP contribution in [0.1, 0.15) is 13.3 Å². The number of aromatic nitrogens is 1. The molecule has 112 valence electrons. The van der Waals surface area contributed by atoms with Crippen molar-refractivity contribution in [1.82, 2.24) is 4.98 Å². The van der Waals surface area contributed by atoms with Crippen LogP contribution >= 0.6 is 11.3 Å². The van der Waals surface area contributed by atoms with E-state index in [1.165, 1.54) is 11.3 Å². The number of benzene rings is 1. The zero-order valence-electron chi connectivity index (χ0n) is 11.3. The lowest BCUT2D eigenvalue weighted by Gasteiger charge is -2.07. The number of thiazole rings is 1. The summed E-state index contributed by atoms with van der Waals surface area (Å²) < 4.78 is 6.26. The van der Waals surface area contributed by atoms with E-state index in [2.05, 4.69) is 10.3 Å². The van der Waals surface area contributed by atoms with E-state index < -0.39 is 24.3 Å². The van der Waals surface area contributed by atoms with Gasteiger partial charge in [-0.2, -0.15) is 0 Å².